The molecule has 0 aliphatic carbocycles. The second-order valence-electron chi connectivity index (χ2n) is 13.3. The number of aromatic amines is 2. The molecule has 2 aromatic carbocycles. The Morgan fingerprint density at radius 3 is 1.45 bits per heavy atom. The number of halogens is 2. The van der Waals surface area contributed by atoms with Gasteiger partial charge in [-0.1, -0.05) is 36.0 Å². The molecule has 44 heavy (non-hydrogen) atoms. The second kappa shape index (κ2) is 14.1. The van der Waals surface area contributed by atoms with Gasteiger partial charge in [0, 0.05) is 55.3 Å². The lowest BCUT2D eigenvalue weighted by Gasteiger charge is -2.30. The summed E-state index contributed by atoms with van der Waals surface area (Å²) < 4.78 is 0. The van der Waals surface area contributed by atoms with Crippen molar-refractivity contribution in [2.75, 3.05) is 52.4 Å². The Bertz CT molecular complexity index is 1430. The van der Waals surface area contributed by atoms with Crippen LogP contribution in [0.1, 0.15) is 86.0 Å². The summed E-state index contributed by atoms with van der Waals surface area (Å²) in [6.45, 7) is 9.66. The van der Waals surface area contributed by atoms with Crippen LogP contribution in [0.25, 0.3) is 21.8 Å². The van der Waals surface area contributed by atoms with E-state index in [2.05, 4.69) is 54.7 Å². The molecule has 6 nitrogen and oxygen atoms in total. The summed E-state index contributed by atoms with van der Waals surface area (Å²) in [5.41, 5.74) is 8.17. The quantitative estimate of drug-likeness (QED) is 0.175. The fourth-order valence-electron chi connectivity index (χ4n) is 8.04. The number of H-pyrrole nitrogens is 2. The van der Waals surface area contributed by atoms with Gasteiger partial charge in [0.15, 0.2) is 0 Å². The molecule has 2 fully saturated rings. The van der Waals surface area contributed by atoms with Crippen LogP contribution >= 0.6 is 23.2 Å². The van der Waals surface area contributed by atoms with E-state index in [0.29, 0.717) is 12.1 Å². The van der Waals surface area contributed by atoms with E-state index < -0.39 is 0 Å². The highest BCUT2D eigenvalue weighted by molar-refractivity contribution is 6.31. The molecule has 6 heterocycles. The van der Waals surface area contributed by atoms with Crippen LogP contribution in [-0.2, 0) is 12.8 Å². The van der Waals surface area contributed by atoms with Gasteiger partial charge in [-0.3, -0.25) is 0 Å². The van der Waals surface area contributed by atoms with Crippen LogP contribution in [0, 0.1) is 0 Å². The first kappa shape index (κ1) is 30.6. The minimum absolute atomic E-state index is 0.455. The summed E-state index contributed by atoms with van der Waals surface area (Å²) >= 11 is 12.4. The molecule has 0 saturated carbocycles. The van der Waals surface area contributed by atoms with Crippen molar-refractivity contribution in [3.05, 3.63) is 69.0 Å². The lowest BCUT2D eigenvalue weighted by Crippen LogP contribution is -2.35. The minimum atomic E-state index is 0.455. The molecule has 2 aromatic heterocycles. The number of piperidine rings is 2. The van der Waals surface area contributed by atoms with Crippen molar-refractivity contribution in [3.8, 4) is 0 Å². The Morgan fingerprint density at radius 2 is 1.02 bits per heavy atom. The molecule has 4 aromatic rings. The number of aromatic nitrogens is 2. The van der Waals surface area contributed by atoms with Crippen LogP contribution in [0.2, 0.25) is 10.0 Å². The zero-order chi connectivity index (χ0) is 29.9. The summed E-state index contributed by atoms with van der Waals surface area (Å²) in [6, 6.07) is 13.3. The van der Waals surface area contributed by atoms with E-state index in [4.69, 9.17) is 23.2 Å². The minimum Gasteiger partial charge on any atom is -0.357 e. The number of rotatable bonds is 6. The average Bonchev–Trinajstić information content (AvgIpc) is 3.62. The van der Waals surface area contributed by atoms with Gasteiger partial charge in [-0.05, 0) is 151 Å². The third kappa shape index (κ3) is 6.86. The number of hydrogen-bond donors (Lipinski definition) is 4. The summed E-state index contributed by atoms with van der Waals surface area (Å²) in [7, 11) is 0. The molecule has 4 aliphatic heterocycles. The highest BCUT2D eigenvalue weighted by atomic mass is 35.5. The van der Waals surface area contributed by atoms with E-state index in [9.17, 15) is 0 Å². The molecule has 236 valence electrons. The van der Waals surface area contributed by atoms with Crippen LogP contribution < -0.4 is 10.6 Å². The standard InChI is InChI=1S/2C18H24ClN3/c2*19-13-4-5-16-15(12-13)14-6-8-20-17(18(14)21-16)7-11-22-9-2-1-3-10-22/h2*4-5,12,17,20-21H,1-3,6-11H2/t2*17-/m10/s1. The van der Waals surface area contributed by atoms with E-state index in [1.54, 1.807) is 0 Å². The molecule has 0 unspecified atom stereocenters. The van der Waals surface area contributed by atoms with Gasteiger partial charge in [0.05, 0.1) is 0 Å². The average molecular weight is 636 g/mol. The Kier molecular flexibility index (Phi) is 9.84. The van der Waals surface area contributed by atoms with Gasteiger partial charge in [0.2, 0.25) is 0 Å². The van der Waals surface area contributed by atoms with Gasteiger partial charge in [0.1, 0.15) is 0 Å². The maximum absolute atomic E-state index is 6.18. The van der Waals surface area contributed by atoms with Crippen LogP contribution in [0.3, 0.4) is 0 Å². The molecular formula is C36H48Cl2N6. The topological polar surface area (TPSA) is 62.1 Å². The van der Waals surface area contributed by atoms with Crippen molar-refractivity contribution in [1.29, 1.82) is 0 Å². The van der Waals surface area contributed by atoms with Crippen molar-refractivity contribution >= 4 is 45.0 Å². The summed E-state index contributed by atoms with van der Waals surface area (Å²) in [4.78, 5) is 12.5. The molecule has 8 heteroatoms. The van der Waals surface area contributed by atoms with E-state index in [1.165, 1.54) is 135 Å². The maximum Gasteiger partial charge on any atom is 0.0488 e. The van der Waals surface area contributed by atoms with Gasteiger partial charge in [-0.25, -0.2) is 0 Å². The Morgan fingerprint density at radius 1 is 0.591 bits per heavy atom. The highest BCUT2D eigenvalue weighted by Gasteiger charge is 2.26. The van der Waals surface area contributed by atoms with Gasteiger partial charge in [-0.15, -0.1) is 0 Å². The number of hydrogen-bond acceptors (Lipinski definition) is 4. The van der Waals surface area contributed by atoms with E-state index in [0.717, 1.165) is 36.0 Å². The molecule has 4 N–H and O–H groups in total. The third-order valence-corrected chi connectivity index (χ3v) is 10.9. The molecule has 4 aliphatic rings. The lowest BCUT2D eigenvalue weighted by atomic mass is 9.97. The highest BCUT2D eigenvalue weighted by Crippen LogP contribution is 2.34. The number of fused-ring (bicyclic) bond motifs is 6. The number of likely N-dealkylation sites (tertiary alicyclic amines) is 2. The van der Waals surface area contributed by atoms with Crippen LogP contribution in [-0.4, -0.2) is 72.1 Å². The van der Waals surface area contributed by atoms with E-state index in [1.807, 2.05) is 12.1 Å². The third-order valence-electron chi connectivity index (χ3n) is 10.4. The zero-order valence-electron chi connectivity index (χ0n) is 26.0. The number of nitrogens with one attached hydrogen (secondary N) is 4. The monoisotopic (exact) mass is 634 g/mol. The van der Waals surface area contributed by atoms with Crippen molar-refractivity contribution < 1.29 is 0 Å². The fourth-order valence-corrected chi connectivity index (χ4v) is 8.39. The van der Waals surface area contributed by atoms with Crippen molar-refractivity contribution in [2.24, 2.45) is 0 Å². The zero-order valence-corrected chi connectivity index (χ0v) is 27.5. The van der Waals surface area contributed by atoms with Crippen molar-refractivity contribution in [1.82, 2.24) is 30.4 Å². The molecule has 0 bridgehead atoms. The molecule has 2 saturated heterocycles. The van der Waals surface area contributed by atoms with E-state index >= 15 is 0 Å². The molecule has 0 radical (unpaired) electrons. The van der Waals surface area contributed by atoms with Crippen molar-refractivity contribution in [3.63, 3.8) is 0 Å². The largest absolute Gasteiger partial charge is 0.357 e. The van der Waals surface area contributed by atoms with Crippen molar-refractivity contribution in [2.45, 2.75) is 76.3 Å². The Hall–Kier alpha value is -2.06. The Balaban J connectivity index is 0.000000142. The first-order valence-electron chi connectivity index (χ1n) is 17.1. The van der Waals surface area contributed by atoms with E-state index in [-0.39, 0.29) is 0 Å². The second-order valence-corrected chi connectivity index (χ2v) is 14.2. The van der Waals surface area contributed by atoms with Crippen LogP contribution in [0.15, 0.2) is 36.4 Å². The SMILES string of the molecule is Clc1ccc2[nH]c3c(c2c1)CCN[C@@H]3CCN1CCCCC1.Clc1ccc2[nH]c3c(c2c1)CCN[C@H]3CCN1CCCCC1. The normalized spacial score (nSPS) is 22.9. The predicted octanol–water partition coefficient (Wildman–Crippen LogP) is 7.77. The lowest BCUT2D eigenvalue weighted by molar-refractivity contribution is 0.215. The van der Waals surface area contributed by atoms with Crippen LogP contribution in [0.5, 0.6) is 0 Å². The summed E-state index contributed by atoms with van der Waals surface area (Å²) in [6.07, 6.45) is 12.9. The molecule has 0 amide bonds. The van der Waals surface area contributed by atoms with Crippen LogP contribution in [0.4, 0.5) is 0 Å². The molecular weight excluding hydrogens is 587 g/mol. The Labute approximate surface area is 272 Å². The summed E-state index contributed by atoms with van der Waals surface area (Å²) in [5, 5.41) is 11.7. The predicted molar refractivity (Wildman–Crippen MR) is 185 cm³/mol. The fraction of sp³-hybridized carbons (Fsp3) is 0.556. The molecule has 8 rings (SSSR count). The summed E-state index contributed by atoms with van der Waals surface area (Å²) in [5.74, 6) is 0. The first-order chi connectivity index (χ1) is 21.6. The molecule has 2 atom stereocenters. The first-order valence-corrected chi connectivity index (χ1v) is 17.9. The molecule has 0 spiro atoms. The van der Waals surface area contributed by atoms with Gasteiger partial charge >= 0.3 is 0 Å². The number of nitrogens with zero attached hydrogens (tertiary/aromatic N) is 2. The smallest absolute Gasteiger partial charge is 0.0488 e. The van der Waals surface area contributed by atoms with Gasteiger partial charge < -0.3 is 30.4 Å². The van der Waals surface area contributed by atoms with Gasteiger partial charge in [-0.2, -0.15) is 0 Å². The number of benzene rings is 2. The van der Waals surface area contributed by atoms with Gasteiger partial charge in [0.25, 0.3) is 0 Å². The maximum atomic E-state index is 6.18.